The quantitative estimate of drug-likeness (QED) is 0.820. The molecule has 0 bridgehead atoms. The summed E-state index contributed by atoms with van der Waals surface area (Å²) in [6.07, 6.45) is 2.55. The Morgan fingerprint density at radius 3 is 2.89 bits per heavy atom. The molecule has 19 heavy (non-hydrogen) atoms. The summed E-state index contributed by atoms with van der Waals surface area (Å²) in [5, 5.41) is 11.9. The van der Waals surface area contributed by atoms with E-state index in [0.29, 0.717) is 10.8 Å². The molecule has 0 aliphatic rings. The summed E-state index contributed by atoms with van der Waals surface area (Å²) in [7, 11) is 3.55. The first kappa shape index (κ1) is 13.8. The molecule has 1 aromatic carbocycles. The molecule has 2 aromatic rings. The van der Waals surface area contributed by atoms with E-state index in [1.807, 2.05) is 29.8 Å². The van der Waals surface area contributed by atoms with Crippen LogP contribution >= 0.6 is 11.6 Å². The fourth-order valence-electron chi connectivity index (χ4n) is 1.79. The maximum absolute atomic E-state index is 6.07. The molecule has 0 aliphatic carbocycles. The largest absolute Gasteiger partial charge is 0.495 e. The van der Waals surface area contributed by atoms with Crippen molar-refractivity contribution in [2.24, 2.45) is 7.05 Å². The van der Waals surface area contributed by atoms with Gasteiger partial charge >= 0.3 is 0 Å². The average Bonchev–Trinajstić information content (AvgIpc) is 2.80. The highest BCUT2D eigenvalue weighted by atomic mass is 35.5. The lowest BCUT2D eigenvalue weighted by molar-refractivity contribution is 0.415. The minimum Gasteiger partial charge on any atom is -0.495 e. The lowest BCUT2D eigenvalue weighted by Crippen LogP contribution is -2.18. The lowest BCUT2D eigenvalue weighted by Gasteiger charge is -2.07. The Hall–Kier alpha value is -1.59. The third kappa shape index (κ3) is 3.68. The first-order chi connectivity index (χ1) is 9.20. The zero-order chi connectivity index (χ0) is 13.7. The standard InChI is InChI=1S/C13H17ClN4O/c1-18-9-16-17-13(18)5-6-15-8-10-3-4-12(19-2)11(14)7-10/h3-4,7,9,15H,5-6,8H2,1-2H3. The molecule has 0 saturated carbocycles. The normalized spacial score (nSPS) is 10.7. The molecule has 1 N–H and O–H groups in total. The van der Waals surface area contributed by atoms with Crippen LogP contribution in [0.15, 0.2) is 24.5 Å². The van der Waals surface area contributed by atoms with Crippen molar-refractivity contribution in [1.82, 2.24) is 20.1 Å². The van der Waals surface area contributed by atoms with Crippen molar-refractivity contribution in [3.8, 4) is 5.75 Å². The Bertz CT molecular complexity index is 541. The van der Waals surface area contributed by atoms with E-state index in [9.17, 15) is 0 Å². The van der Waals surface area contributed by atoms with Gasteiger partial charge in [0, 0.05) is 26.6 Å². The number of nitrogens with zero attached hydrogens (tertiary/aromatic N) is 3. The van der Waals surface area contributed by atoms with Gasteiger partial charge in [-0.25, -0.2) is 0 Å². The molecule has 0 amide bonds. The second-order valence-corrected chi connectivity index (χ2v) is 4.66. The molecule has 2 rings (SSSR count). The molecular weight excluding hydrogens is 264 g/mol. The predicted octanol–water partition coefficient (Wildman–Crippen LogP) is 1.81. The summed E-state index contributed by atoms with van der Waals surface area (Å²) in [6, 6.07) is 5.79. The smallest absolute Gasteiger partial charge is 0.137 e. The van der Waals surface area contributed by atoms with Gasteiger partial charge < -0.3 is 14.6 Å². The van der Waals surface area contributed by atoms with Crippen LogP contribution in [-0.2, 0) is 20.0 Å². The van der Waals surface area contributed by atoms with Gasteiger partial charge in [0.05, 0.1) is 12.1 Å². The van der Waals surface area contributed by atoms with E-state index < -0.39 is 0 Å². The summed E-state index contributed by atoms with van der Waals surface area (Å²) in [6.45, 7) is 1.61. The van der Waals surface area contributed by atoms with E-state index >= 15 is 0 Å². The van der Waals surface area contributed by atoms with Crippen LogP contribution in [-0.4, -0.2) is 28.4 Å². The SMILES string of the molecule is COc1ccc(CNCCc2nncn2C)cc1Cl. The van der Waals surface area contributed by atoms with E-state index in [4.69, 9.17) is 16.3 Å². The summed E-state index contributed by atoms with van der Waals surface area (Å²) < 4.78 is 7.04. The number of aromatic nitrogens is 3. The molecule has 0 atom stereocenters. The van der Waals surface area contributed by atoms with Crippen LogP contribution in [0.5, 0.6) is 5.75 Å². The van der Waals surface area contributed by atoms with Gasteiger partial charge in [-0.2, -0.15) is 0 Å². The molecular formula is C13H17ClN4O. The lowest BCUT2D eigenvalue weighted by atomic mass is 10.2. The molecule has 5 nitrogen and oxygen atoms in total. The van der Waals surface area contributed by atoms with Crippen molar-refractivity contribution in [3.05, 3.63) is 40.9 Å². The molecule has 1 heterocycles. The van der Waals surface area contributed by atoms with Gasteiger partial charge in [0.1, 0.15) is 17.9 Å². The van der Waals surface area contributed by atoms with Gasteiger partial charge in [0.15, 0.2) is 0 Å². The van der Waals surface area contributed by atoms with Gasteiger partial charge in [0.2, 0.25) is 0 Å². The van der Waals surface area contributed by atoms with Crippen molar-refractivity contribution in [1.29, 1.82) is 0 Å². The Balaban J connectivity index is 1.80. The van der Waals surface area contributed by atoms with E-state index in [-0.39, 0.29) is 0 Å². The fourth-order valence-corrected chi connectivity index (χ4v) is 2.07. The highest BCUT2D eigenvalue weighted by Gasteiger charge is 2.02. The molecule has 0 fully saturated rings. The fraction of sp³-hybridized carbons (Fsp3) is 0.385. The maximum atomic E-state index is 6.07. The van der Waals surface area contributed by atoms with Crippen LogP contribution in [0, 0.1) is 0 Å². The number of nitrogens with one attached hydrogen (secondary N) is 1. The minimum atomic E-state index is 0.634. The summed E-state index contributed by atoms with van der Waals surface area (Å²) >= 11 is 6.07. The molecule has 1 aromatic heterocycles. The summed E-state index contributed by atoms with van der Waals surface area (Å²) in [5.74, 6) is 1.67. The van der Waals surface area contributed by atoms with Crippen molar-refractivity contribution < 1.29 is 4.74 Å². The molecule has 0 radical (unpaired) electrons. The van der Waals surface area contributed by atoms with E-state index in [2.05, 4.69) is 15.5 Å². The van der Waals surface area contributed by atoms with Gasteiger partial charge in [-0.3, -0.25) is 0 Å². The number of hydrogen-bond acceptors (Lipinski definition) is 4. The van der Waals surface area contributed by atoms with Crippen LogP contribution < -0.4 is 10.1 Å². The molecule has 0 unspecified atom stereocenters. The first-order valence-corrected chi connectivity index (χ1v) is 6.44. The third-order valence-electron chi connectivity index (χ3n) is 2.88. The molecule has 0 saturated heterocycles. The second kappa shape index (κ2) is 6.54. The second-order valence-electron chi connectivity index (χ2n) is 4.25. The average molecular weight is 281 g/mol. The maximum Gasteiger partial charge on any atom is 0.137 e. The Kier molecular flexibility index (Phi) is 4.76. The molecule has 0 aliphatic heterocycles. The monoisotopic (exact) mass is 280 g/mol. The highest BCUT2D eigenvalue weighted by molar-refractivity contribution is 6.32. The number of ether oxygens (including phenoxy) is 1. The van der Waals surface area contributed by atoms with Crippen molar-refractivity contribution in [2.75, 3.05) is 13.7 Å². The zero-order valence-electron chi connectivity index (χ0n) is 11.1. The Labute approximate surface area is 117 Å². The van der Waals surface area contributed by atoms with Crippen molar-refractivity contribution in [2.45, 2.75) is 13.0 Å². The molecule has 102 valence electrons. The van der Waals surface area contributed by atoms with Crippen molar-refractivity contribution >= 4 is 11.6 Å². The number of halogens is 1. The molecule has 6 heteroatoms. The van der Waals surface area contributed by atoms with Crippen LogP contribution in [0.1, 0.15) is 11.4 Å². The van der Waals surface area contributed by atoms with Gasteiger partial charge in [0.25, 0.3) is 0 Å². The van der Waals surface area contributed by atoms with Gasteiger partial charge in [-0.05, 0) is 17.7 Å². The number of aryl methyl sites for hydroxylation is 1. The zero-order valence-corrected chi connectivity index (χ0v) is 11.8. The topological polar surface area (TPSA) is 52.0 Å². The van der Waals surface area contributed by atoms with Gasteiger partial charge in [-0.1, -0.05) is 17.7 Å². The number of rotatable bonds is 6. The van der Waals surface area contributed by atoms with Crippen LogP contribution in [0.4, 0.5) is 0 Å². The number of hydrogen-bond donors (Lipinski definition) is 1. The molecule has 0 spiro atoms. The number of benzene rings is 1. The summed E-state index contributed by atoms with van der Waals surface area (Å²) in [4.78, 5) is 0. The van der Waals surface area contributed by atoms with E-state index in [1.165, 1.54) is 0 Å². The van der Waals surface area contributed by atoms with Crippen LogP contribution in [0.25, 0.3) is 0 Å². The minimum absolute atomic E-state index is 0.634. The highest BCUT2D eigenvalue weighted by Crippen LogP contribution is 2.24. The third-order valence-corrected chi connectivity index (χ3v) is 3.17. The first-order valence-electron chi connectivity index (χ1n) is 6.06. The van der Waals surface area contributed by atoms with Crippen LogP contribution in [0.2, 0.25) is 5.02 Å². The van der Waals surface area contributed by atoms with Gasteiger partial charge in [-0.15, -0.1) is 10.2 Å². The Morgan fingerprint density at radius 1 is 1.42 bits per heavy atom. The van der Waals surface area contributed by atoms with Crippen molar-refractivity contribution in [3.63, 3.8) is 0 Å². The van der Waals surface area contributed by atoms with E-state index in [1.54, 1.807) is 13.4 Å². The summed E-state index contributed by atoms with van der Waals surface area (Å²) in [5.41, 5.74) is 1.13. The van der Waals surface area contributed by atoms with Crippen LogP contribution in [0.3, 0.4) is 0 Å². The predicted molar refractivity (Wildman–Crippen MR) is 74.4 cm³/mol. The number of methoxy groups -OCH3 is 1. The Morgan fingerprint density at radius 2 is 2.26 bits per heavy atom. The van der Waals surface area contributed by atoms with E-state index in [0.717, 1.165) is 30.9 Å².